The van der Waals surface area contributed by atoms with Crippen molar-refractivity contribution in [1.82, 2.24) is 9.80 Å². The highest BCUT2D eigenvalue weighted by atomic mass is 15.4. The fourth-order valence-corrected chi connectivity index (χ4v) is 3.38. The van der Waals surface area contributed by atoms with Gasteiger partial charge in [0.05, 0.1) is 6.17 Å². The molecule has 2 unspecified atom stereocenters. The smallest absolute Gasteiger partial charge is 0.0628 e. The highest BCUT2D eigenvalue weighted by Crippen LogP contribution is 2.30. The second kappa shape index (κ2) is 4.79. The molecular weight excluding hydrogens is 208 g/mol. The van der Waals surface area contributed by atoms with Crippen molar-refractivity contribution in [3.8, 4) is 0 Å². The third-order valence-electron chi connectivity index (χ3n) is 4.33. The number of nitrogens with zero attached hydrogens (tertiary/aromatic N) is 2. The van der Waals surface area contributed by atoms with Crippen molar-refractivity contribution >= 4 is 0 Å². The number of hydrogen-bond acceptors (Lipinski definition) is 2. The number of hydrogen-bond donors (Lipinski definition) is 0. The Morgan fingerprint density at radius 2 is 1.94 bits per heavy atom. The quantitative estimate of drug-likeness (QED) is 0.771. The molecule has 2 fully saturated rings. The van der Waals surface area contributed by atoms with Gasteiger partial charge in [-0.1, -0.05) is 30.3 Å². The minimum atomic E-state index is 0.707. The second-order valence-corrected chi connectivity index (χ2v) is 5.45. The third kappa shape index (κ3) is 2.24. The van der Waals surface area contributed by atoms with Crippen LogP contribution < -0.4 is 0 Å². The van der Waals surface area contributed by atoms with E-state index in [4.69, 9.17) is 0 Å². The Hall–Kier alpha value is -0.860. The Bertz CT molecular complexity index is 362. The van der Waals surface area contributed by atoms with Gasteiger partial charge >= 0.3 is 0 Å². The maximum atomic E-state index is 2.70. The summed E-state index contributed by atoms with van der Waals surface area (Å²) in [5, 5.41) is 0. The van der Waals surface area contributed by atoms with Crippen LogP contribution in [0.4, 0.5) is 0 Å². The molecule has 2 aliphatic heterocycles. The summed E-state index contributed by atoms with van der Waals surface area (Å²) < 4.78 is 0. The molecule has 0 spiro atoms. The minimum Gasteiger partial charge on any atom is -0.284 e. The summed E-state index contributed by atoms with van der Waals surface area (Å²) in [7, 11) is 0. The van der Waals surface area contributed by atoms with Crippen molar-refractivity contribution in [1.29, 1.82) is 0 Å². The molecule has 92 valence electrons. The largest absolute Gasteiger partial charge is 0.284 e. The highest BCUT2D eigenvalue weighted by Gasteiger charge is 2.36. The van der Waals surface area contributed by atoms with Crippen LogP contribution in [0.3, 0.4) is 0 Å². The molecule has 0 amide bonds. The van der Waals surface area contributed by atoms with Crippen LogP contribution in [-0.4, -0.2) is 35.1 Å². The summed E-state index contributed by atoms with van der Waals surface area (Å²) in [5.74, 6) is 0. The molecule has 1 aromatic carbocycles. The molecule has 0 N–H and O–H groups in total. The van der Waals surface area contributed by atoms with Gasteiger partial charge in [-0.3, -0.25) is 9.80 Å². The van der Waals surface area contributed by atoms with E-state index in [2.05, 4.69) is 47.1 Å². The van der Waals surface area contributed by atoms with E-state index in [1.807, 2.05) is 0 Å². The first-order valence-corrected chi connectivity index (χ1v) is 6.88. The van der Waals surface area contributed by atoms with E-state index in [0.717, 1.165) is 12.6 Å². The Labute approximate surface area is 104 Å². The first-order valence-electron chi connectivity index (χ1n) is 6.88. The van der Waals surface area contributed by atoms with Crippen LogP contribution in [0.2, 0.25) is 0 Å². The van der Waals surface area contributed by atoms with Crippen molar-refractivity contribution in [2.75, 3.05) is 13.1 Å². The fraction of sp³-hybridized carbons (Fsp3) is 0.600. The number of rotatable bonds is 2. The van der Waals surface area contributed by atoms with Crippen LogP contribution in [0.1, 0.15) is 31.7 Å². The normalized spacial score (nSPS) is 30.4. The van der Waals surface area contributed by atoms with Gasteiger partial charge in [0, 0.05) is 25.7 Å². The van der Waals surface area contributed by atoms with Gasteiger partial charge in [-0.2, -0.15) is 0 Å². The molecule has 17 heavy (non-hydrogen) atoms. The average molecular weight is 230 g/mol. The van der Waals surface area contributed by atoms with Gasteiger partial charge in [-0.25, -0.2) is 0 Å². The Morgan fingerprint density at radius 3 is 2.76 bits per heavy atom. The maximum absolute atomic E-state index is 2.70. The predicted molar refractivity (Wildman–Crippen MR) is 70.7 cm³/mol. The Morgan fingerprint density at radius 1 is 1.12 bits per heavy atom. The van der Waals surface area contributed by atoms with E-state index in [0.29, 0.717) is 6.17 Å². The van der Waals surface area contributed by atoms with E-state index >= 15 is 0 Å². The fourth-order valence-electron chi connectivity index (χ4n) is 3.38. The molecule has 0 radical (unpaired) electrons. The molecule has 2 heteroatoms. The summed E-state index contributed by atoms with van der Waals surface area (Å²) in [6.45, 7) is 6.01. The Balaban J connectivity index is 1.69. The van der Waals surface area contributed by atoms with Gasteiger partial charge in [-0.05, 0) is 31.7 Å². The average Bonchev–Trinajstić information content (AvgIpc) is 2.76. The summed E-state index contributed by atoms with van der Waals surface area (Å²) in [5.41, 5.74) is 1.45. The van der Waals surface area contributed by atoms with Crippen LogP contribution in [0.25, 0.3) is 0 Å². The molecule has 2 heterocycles. The van der Waals surface area contributed by atoms with Crippen LogP contribution in [0.5, 0.6) is 0 Å². The summed E-state index contributed by atoms with van der Waals surface area (Å²) >= 11 is 0. The molecule has 0 aliphatic carbocycles. The van der Waals surface area contributed by atoms with Crippen molar-refractivity contribution in [3.05, 3.63) is 35.9 Å². The monoisotopic (exact) mass is 230 g/mol. The van der Waals surface area contributed by atoms with Crippen molar-refractivity contribution < 1.29 is 0 Å². The van der Waals surface area contributed by atoms with Gasteiger partial charge in [0.15, 0.2) is 0 Å². The van der Waals surface area contributed by atoms with Crippen molar-refractivity contribution in [2.24, 2.45) is 0 Å². The van der Waals surface area contributed by atoms with Gasteiger partial charge in [0.1, 0.15) is 0 Å². The SMILES string of the molecule is CC1CCCC2N(Cc3ccccc3)CCN12. The van der Waals surface area contributed by atoms with E-state index in [9.17, 15) is 0 Å². The molecule has 0 bridgehead atoms. The third-order valence-corrected chi connectivity index (χ3v) is 4.33. The summed E-state index contributed by atoms with van der Waals surface area (Å²) in [6.07, 6.45) is 4.85. The van der Waals surface area contributed by atoms with Crippen molar-refractivity contribution in [2.45, 2.75) is 44.9 Å². The zero-order chi connectivity index (χ0) is 11.7. The van der Waals surface area contributed by atoms with Gasteiger partial charge < -0.3 is 0 Å². The molecule has 2 atom stereocenters. The van der Waals surface area contributed by atoms with Crippen LogP contribution in [-0.2, 0) is 6.54 Å². The molecular formula is C15H22N2. The number of piperidine rings is 1. The molecule has 3 rings (SSSR count). The van der Waals surface area contributed by atoms with E-state index < -0.39 is 0 Å². The van der Waals surface area contributed by atoms with Gasteiger partial charge in [0.25, 0.3) is 0 Å². The standard InChI is InChI=1S/C15H22N2/c1-13-6-5-9-15-16(10-11-17(13)15)12-14-7-3-2-4-8-14/h2-4,7-8,13,15H,5-6,9-12H2,1H3. The maximum Gasteiger partial charge on any atom is 0.0628 e. The second-order valence-electron chi connectivity index (χ2n) is 5.45. The van der Waals surface area contributed by atoms with Crippen molar-refractivity contribution in [3.63, 3.8) is 0 Å². The first-order chi connectivity index (χ1) is 8.34. The predicted octanol–water partition coefficient (Wildman–Crippen LogP) is 2.70. The molecule has 2 nitrogen and oxygen atoms in total. The summed E-state index contributed by atoms with van der Waals surface area (Å²) in [4.78, 5) is 5.36. The molecule has 2 aliphatic rings. The van der Waals surface area contributed by atoms with Gasteiger partial charge in [-0.15, -0.1) is 0 Å². The first kappa shape index (κ1) is 11.2. The molecule has 2 saturated heterocycles. The lowest BCUT2D eigenvalue weighted by molar-refractivity contribution is 0.0571. The van der Waals surface area contributed by atoms with Crippen LogP contribution >= 0.6 is 0 Å². The van der Waals surface area contributed by atoms with E-state index in [1.165, 1.54) is 37.9 Å². The molecule has 0 aromatic heterocycles. The molecule has 0 saturated carbocycles. The number of fused-ring (bicyclic) bond motifs is 1. The number of benzene rings is 1. The zero-order valence-electron chi connectivity index (χ0n) is 10.7. The molecule has 1 aromatic rings. The van der Waals surface area contributed by atoms with Crippen LogP contribution in [0.15, 0.2) is 30.3 Å². The minimum absolute atomic E-state index is 0.707. The topological polar surface area (TPSA) is 6.48 Å². The lowest BCUT2D eigenvalue weighted by atomic mass is 10.0. The lowest BCUT2D eigenvalue weighted by Gasteiger charge is -2.38. The van der Waals surface area contributed by atoms with E-state index in [1.54, 1.807) is 0 Å². The zero-order valence-corrected chi connectivity index (χ0v) is 10.7. The van der Waals surface area contributed by atoms with E-state index in [-0.39, 0.29) is 0 Å². The lowest BCUT2D eigenvalue weighted by Crippen LogP contribution is -2.46. The van der Waals surface area contributed by atoms with Gasteiger partial charge in [0.2, 0.25) is 0 Å². The Kier molecular flexibility index (Phi) is 3.17. The highest BCUT2D eigenvalue weighted by molar-refractivity contribution is 5.15. The summed E-state index contributed by atoms with van der Waals surface area (Å²) in [6, 6.07) is 11.7. The van der Waals surface area contributed by atoms with Crippen LogP contribution in [0, 0.1) is 0 Å².